The molecule has 0 saturated carbocycles. The number of para-hydroxylation sites is 1. The van der Waals surface area contributed by atoms with E-state index in [0.29, 0.717) is 30.0 Å². The predicted octanol–water partition coefficient (Wildman–Crippen LogP) is 4.96. The smallest absolute Gasteiger partial charge is 0.336 e. The highest BCUT2D eigenvalue weighted by atomic mass is 16.6. The lowest BCUT2D eigenvalue weighted by atomic mass is 9.79. The number of fused-ring (bicyclic) bond motifs is 1. The second kappa shape index (κ2) is 10.7. The summed E-state index contributed by atoms with van der Waals surface area (Å²) in [5.74, 6) is -1.59. The monoisotopic (exact) mass is 550 g/mol. The van der Waals surface area contributed by atoms with Gasteiger partial charge in [0.05, 0.1) is 29.1 Å². The number of carbonyl (C=O) groups excluding carboxylic acids is 2. The van der Waals surface area contributed by atoms with Crippen LogP contribution in [-0.2, 0) is 25.5 Å². The highest BCUT2D eigenvalue weighted by Crippen LogP contribution is 2.45. The van der Waals surface area contributed by atoms with Crippen molar-refractivity contribution in [3.05, 3.63) is 84.7 Å². The summed E-state index contributed by atoms with van der Waals surface area (Å²) < 4.78 is 17.2. The first kappa shape index (κ1) is 28.7. The van der Waals surface area contributed by atoms with Gasteiger partial charge in [0.2, 0.25) is 0 Å². The maximum absolute atomic E-state index is 13.7. The number of hydrogen-bond donors (Lipinski definition) is 2. The van der Waals surface area contributed by atoms with Crippen LogP contribution in [-0.4, -0.2) is 41.3 Å². The maximum Gasteiger partial charge on any atom is 0.336 e. The molecule has 0 amide bonds. The fraction of sp³-hybridized carbons (Fsp3) is 0.400. The van der Waals surface area contributed by atoms with E-state index in [2.05, 4.69) is 5.32 Å². The van der Waals surface area contributed by atoms with Gasteiger partial charge in [-0.2, -0.15) is 0 Å². The van der Waals surface area contributed by atoms with Crippen molar-refractivity contribution in [3.8, 4) is 11.5 Å². The number of carbonyl (C=O) groups is 2. The Morgan fingerprint density at radius 3 is 2.33 bits per heavy atom. The fourth-order valence-electron chi connectivity index (χ4n) is 5.55. The van der Waals surface area contributed by atoms with Crippen LogP contribution in [0.5, 0.6) is 11.5 Å². The number of nitro benzene ring substituents is 1. The van der Waals surface area contributed by atoms with E-state index in [4.69, 9.17) is 14.2 Å². The lowest BCUT2D eigenvalue weighted by molar-refractivity contribution is -0.385. The molecule has 40 heavy (non-hydrogen) atoms. The molecule has 0 saturated heterocycles. The number of aromatic hydroxyl groups is 1. The minimum absolute atomic E-state index is 0.0768. The average Bonchev–Trinajstić information content (AvgIpc) is 2.92. The van der Waals surface area contributed by atoms with Crippen LogP contribution < -0.4 is 10.1 Å². The summed E-state index contributed by atoms with van der Waals surface area (Å²) in [6, 6.07) is 6.00. The topological polar surface area (TPSA) is 137 Å². The van der Waals surface area contributed by atoms with Gasteiger partial charge in [-0.15, -0.1) is 0 Å². The molecule has 2 unspecified atom stereocenters. The van der Waals surface area contributed by atoms with Gasteiger partial charge in [0, 0.05) is 28.6 Å². The number of rotatable bonds is 6. The molecule has 0 spiro atoms. The summed E-state index contributed by atoms with van der Waals surface area (Å²) >= 11 is 0. The van der Waals surface area contributed by atoms with Crippen molar-refractivity contribution in [2.24, 2.45) is 0 Å². The van der Waals surface area contributed by atoms with Gasteiger partial charge in [-0.25, -0.2) is 9.59 Å². The standard InChI is InChI=1S/C30H34N2O8/c1-15-16(2)27-20(17(3)26(15)33)12-13-30(6,40-27)14-39-29(35)24-19(5)31-18(4)23(28(34)38-7)25(24)21-10-8-9-11-22(21)32(36)37/h8-11,25,31,33H,12-14H2,1-7H3. The minimum Gasteiger partial charge on any atom is -0.507 e. The van der Waals surface area contributed by atoms with E-state index < -0.39 is 28.4 Å². The Labute approximate surface area is 232 Å². The van der Waals surface area contributed by atoms with Gasteiger partial charge >= 0.3 is 11.9 Å². The van der Waals surface area contributed by atoms with Crippen LogP contribution in [0, 0.1) is 30.9 Å². The third-order valence-electron chi connectivity index (χ3n) is 7.93. The number of benzene rings is 2. The fourth-order valence-corrected chi connectivity index (χ4v) is 5.55. The molecule has 0 bridgehead atoms. The highest BCUT2D eigenvalue weighted by Gasteiger charge is 2.42. The van der Waals surface area contributed by atoms with Gasteiger partial charge in [0.25, 0.3) is 5.69 Å². The van der Waals surface area contributed by atoms with E-state index in [0.717, 1.165) is 22.3 Å². The Bertz CT molecular complexity index is 1490. The Morgan fingerprint density at radius 1 is 1.07 bits per heavy atom. The van der Waals surface area contributed by atoms with Crippen molar-refractivity contribution in [2.75, 3.05) is 13.7 Å². The third-order valence-corrected chi connectivity index (χ3v) is 7.93. The molecule has 10 nitrogen and oxygen atoms in total. The van der Waals surface area contributed by atoms with Crippen molar-refractivity contribution in [1.29, 1.82) is 0 Å². The molecule has 10 heteroatoms. The number of ether oxygens (including phenoxy) is 3. The number of esters is 2. The number of methoxy groups -OCH3 is 1. The number of nitrogens with one attached hydrogen (secondary N) is 1. The van der Waals surface area contributed by atoms with Gasteiger partial charge in [-0.3, -0.25) is 10.1 Å². The Hall–Kier alpha value is -4.34. The Morgan fingerprint density at radius 2 is 1.70 bits per heavy atom. The first-order chi connectivity index (χ1) is 18.8. The summed E-state index contributed by atoms with van der Waals surface area (Å²) in [5.41, 5.74) is 3.35. The van der Waals surface area contributed by atoms with Crippen LogP contribution in [0.25, 0.3) is 0 Å². The molecule has 2 N–H and O–H groups in total. The van der Waals surface area contributed by atoms with Gasteiger partial charge in [-0.1, -0.05) is 18.2 Å². The van der Waals surface area contributed by atoms with Crippen LogP contribution in [0.1, 0.15) is 60.9 Å². The van der Waals surface area contributed by atoms with Crippen LogP contribution in [0.2, 0.25) is 0 Å². The molecule has 2 aromatic carbocycles. The van der Waals surface area contributed by atoms with Crippen molar-refractivity contribution in [1.82, 2.24) is 5.32 Å². The van der Waals surface area contributed by atoms with Gasteiger partial charge in [0.1, 0.15) is 23.7 Å². The Balaban J connectivity index is 1.69. The van der Waals surface area contributed by atoms with E-state index in [-0.39, 0.29) is 34.8 Å². The summed E-state index contributed by atoms with van der Waals surface area (Å²) in [7, 11) is 1.21. The summed E-state index contributed by atoms with van der Waals surface area (Å²) in [6.07, 6.45) is 1.16. The van der Waals surface area contributed by atoms with Crippen molar-refractivity contribution in [3.63, 3.8) is 0 Å². The number of nitro groups is 1. The molecular formula is C30H34N2O8. The van der Waals surface area contributed by atoms with Crippen molar-refractivity contribution < 1.29 is 33.8 Å². The second-order valence-electron chi connectivity index (χ2n) is 10.6. The lowest BCUT2D eigenvalue weighted by Crippen LogP contribution is -2.43. The quantitative estimate of drug-likeness (QED) is 0.290. The van der Waals surface area contributed by atoms with E-state index in [1.165, 1.54) is 25.3 Å². The molecule has 2 aromatic rings. The van der Waals surface area contributed by atoms with Gasteiger partial charge in [0.15, 0.2) is 0 Å². The van der Waals surface area contributed by atoms with Gasteiger partial charge in [-0.05, 0) is 71.1 Å². The van der Waals surface area contributed by atoms with Crippen molar-refractivity contribution in [2.45, 2.75) is 65.9 Å². The largest absolute Gasteiger partial charge is 0.507 e. The van der Waals surface area contributed by atoms with Crippen LogP contribution in [0.15, 0.2) is 46.8 Å². The number of phenolic OH excluding ortho intramolecular Hbond substituents is 1. The molecule has 0 fully saturated rings. The molecule has 4 rings (SSSR count). The number of phenols is 1. The summed E-state index contributed by atoms with van der Waals surface area (Å²) in [5, 5.41) is 25.4. The minimum atomic E-state index is -1.08. The molecule has 212 valence electrons. The normalized spacial score (nSPS) is 20.3. The highest BCUT2D eigenvalue weighted by molar-refractivity contribution is 6.00. The van der Waals surface area contributed by atoms with E-state index in [1.54, 1.807) is 19.9 Å². The van der Waals surface area contributed by atoms with Gasteiger partial charge < -0.3 is 24.6 Å². The molecule has 2 aliphatic rings. The molecule has 2 atom stereocenters. The molecule has 2 heterocycles. The second-order valence-corrected chi connectivity index (χ2v) is 10.6. The summed E-state index contributed by atoms with van der Waals surface area (Å²) in [6.45, 7) is 10.6. The van der Waals surface area contributed by atoms with E-state index >= 15 is 0 Å². The molecule has 0 aliphatic carbocycles. The molecule has 0 radical (unpaired) electrons. The van der Waals surface area contributed by atoms with Crippen LogP contribution >= 0.6 is 0 Å². The molecule has 0 aromatic heterocycles. The Kier molecular flexibility index (Phi) is 7.65. The van der Waals surface area contributed by atoms with E-state index in [9.17, 15) is 24.8 Å². The SMILES string of the molecule is COC(=O)C1=C(C)NC(C)=C(C(=O)OCC2(C)CCc3c(C)c(O)c(C)c(C)c3O2)C1c1ccccc1[N+](=O)[O-]. The zero-order valence-electron chi connectivity index (χ0n) is 23.8. The van der Waals surface area contributed by atoms with E-state index in [1.807, 2.05) is 27.7 Å². The number of hydrogen-bond acceptors (Lipinski definition) is 9. The number of dihydropyridines is 1. The zero-order valence-corrected chi connectivity index (χ0v) is 23.8. The maximum atomic E-state index is 13.7. The number of allylic oxidation sites excluding steroid dienone is 2. The lowest BCUT2D eigenvalue weighted by Gasteiger charge is -2.37. The van der Waals surface area contributed by atoms with Crippen molar-refractivity contribution >= 4 is 17.6 Å². The average molecular weight is 551 g/mol. The number of nitrogens with zero attached hydrogens (tertiary/aromatic N) is 1. The van der Waals surface area contributed by atoms with Crippen LogP contribution in [0.4, 0.5) is 5.69 Å². The third kappa shape index (κ3) is 4.89. The predicted molar refractivity (Wildman–Crippen MR) is 147 cm³/mol. The zero-order chi connectivity index (χ0) is 29.5. The molecular weight excluding hydrogens is 516 g/mol. The first-order valence-corrected chi connectivity index (χ1v) is 13.0. The first-order valence-electron chi connectivity index (χ1n) is 13.0. The summed E-state index contributed by atoms with van der Waals surface area (Å²) in [4.78, 5) is 38.0. The van der Waals surface area contributed by atoms with Crippen LogP contribution in [0.3, 0.4) is 0 Å². The molecule has 2 aliphatic heterocycles.